The Labute approximate surface area is 878 Å². The highest BCUT2D eigenvalue weighted by atomic mass is 31.2. The second-order valence-corrected chi connectivity index (χ2v) is 45.9. The SMILES string of the molecule is CC[C@H]1O[C@@H](n2cnc3c(C)ncnc32)C(OC)[C@H]1O[P@@]1O[C@](C)(c2ccccc2)[C@@H]2CCCN21.CC[C@H]1O[C@@H](n2cnc3c(C)ncnc32)C(OC)[C@H]1O[P@]1O[C@@](C)(c2ccccc2)[C@H]2CCCN21.CC[C@H]1O[C@@H](n2cnc3c(OCCC#N)nc(C)nc32)C(OC)[C@H]1O[P@@]1O[C@](C)(c2ccccc2)[C@@H]2CCCN21.CC[C@H]1O[C@@H](n2cnc3c(OCCC#N)nc(C)nc32)C(OC)[C@H]1O[P@]1O[C@@](C)(c2ccccc2)[C@H]2CCCN21. The largest absolute Gasteiger partial charge is 0.475 e. The molecule has 796 valence electrons. The lowest BCUT2D eigenvalue weighted by Crippen LogP contribution is -2.37. The molecule has 20 heterocycles. The zero-order valence-corrected chi connectivity index (χ0v) is 91.3. The molecule has 24 rings (SSSR count). The summed E-state index contributed by atoms with van der Waals surface area (Å²) in [6.45, 7) is 29.0. The smallest absolute Gasteiger partial charge is 0.260 e. The molecule has 12 aromatic rings. The van der Waals surface area contributed by atoms with E-state index in [0.29, 0.717) is 57.8 Å². The highest BCUT2D eigenvalue weighted by Crippen LogP contribution is 2.69. The van der Waals surface area contributed by atoms with Crippen molar-refractivity contribution in [3.05, 3.63) is 205 Å². The molecule has 150 heavy (non-hydrogen) atoms. The summed E-state index contributed by atoms with van der Waals surface area (Å²) in [5.41, 5.74) is 9.93. The molecule has 0 amide bonds. The van der Waals surface area contributed by atoms with Crippen molar-refractivity contribution >= 4 is 78.8 Å². The van der Waals surface area contributed by atoms with Crippen LogP contribution in [0.4, 0.5) is 0 Å². The highest BCUT2D eigenvalue weighted by molar-refractivity contribution is 7.45. The van der Waals surface area contributed by atoms with Gasteiger partial charge in [0.15, 0.2) is 58.5 Å². The van der Waals surface area contributed by atoms with Gasteiger partial charge in [-0.05, 0) is 155 Å². The summed E-state index contributed by atoms with van der Waals surface area (Å²) < 4.78 is 134. The molecule has 0 radical (unpaired) electrons. The molecular formula is C106H134N22O18P4. The number of aryl methyl sites for hydroxylation is 4. The Hall–Kier alpha value is -9.42. The maximum Gasteiger partial charge on any atom is 0.260 e. The molecule has 0 spiro atoms. The summed E-state index contributed by atoms with van der Waals surface area (Å²) in [6.07, 6.45) is 17.2. The number of ether oxygens (including phenoxy) is 10. The van der Waals surface area contributed by atoms with Crippen molar-refractivity contribution in [2.75, 3.05) is 67.8 Å². The van der Waals surface area contributed by atoms with Crippen LogP contribution in [0.2, 0.25) is 0 Å². The fourth-order valence-corrected chi connectivity index (χ4v) is 32.4. The van der Waals surface area contributed by atoms with Crippen molar-refractivity contribution in [3.8, 4) is 23.9 Å². The first kappa shape index (κ1) is 106. The summed E-state index contributed by atoms with van der Waals surface area (Å²) in [6, 6.07) is 47.2. The zero-order chi connectivity index (χ0) is 104. The molecule has 0 bridgehead atoms. The van der Waals surface area contributed by atoms with E-state index in [9.17, 15) is 0 Å². The van der Waals surface area contributed by atoms with Crippen LogP contribution in [0.5, 0.6) is 11.8 Å². The van der Waals surface area contributed by atoms with E-state index in [1.807, 2.05) is 56.4 Å². The lowest BCUT2D eigenvalue weighted by Gasteiger charge is -2.29. The molecule has 12 aliphatic heterocycles. The van der Waals surface area contributed by atoms with Gasteiger partial charge in [0.1, 0.15) is 120 Å². The molecule has 28 atom stereocenters. The zero-order valence-electron chi connectivity index (χ0n) is 87.7. The Kier molecular flexibility index (Phi) is 32.3. The monoisotopic (exact) mass is 2130 g/mol. The minimum atomic E-state index is -1.33. The summed E-state index contributed by atoms with van der Waals surface area (Å²) in [7, 11) is 1.60. The molecule has 4 unspecified atom stereocenters. The maximum atomic E-state index is 8.89. The number of hydrogen-bond acceptors (Lipinski definition) is 36. The van der Waals surface area contributed by atoms with Crippen LogP contribution in [0.3, 0.4) is 0 Å². The van der Waals surface area contributed by atoms with Gasteiger partial charge in [-0.25, -0.2) is 68.5 Å². The van der Waals surface area contributed by atoms with E-state index in [1.54, 1.807) is 80.3 Å². The van der Waals surface area contributed by atoms with Crippen LogP contribution >= 0.6 is 34.1 Å². The van der Waals surface area contributed by atoms with Crippen LogP contribution < -0.4 is 9.47 Å². The Morgan fingerprint density at radius 2 is 0.600 bits per heavy atom. The van der Waals surface area contributed by atoms with Gasteiger partial charge in [-0.3, -0.25) is 18.3 Å². The third-order valence-corrected chi connectivity index (χ3v) is 38.9. The van der Waals surface area contributed by atoms with Crippen molar-refractivity contribution in [2.45, 2.75) is 318 Å². The Morgan fingerprint density at radius 1 is 0.340 bits per heavy atom. The minimum absolute atomic E-state index is 0.138. The molecule has 0 saturated carbocycles. The Balaban J connectivity index is 0.000000117. The van der Waals surface area contributed by atoms with Gasteiger partial charge in [0.25, 0.3) is 34.1 Å². The first-order chi connectivity index (χ1) is 73.0. The second kappa shape index (κ2) is 45.6. The third-order valence-electron chi connectivity index (χ3n) is 31.5. The number of fused-ring (bicyclic) bond motifs is 8. The fourth-order valence-electron chi connectivity index (χ4n) is 23.7. The van der Waals surface area contributed by atoms with Crippen molar-refractivity contribution in [1.29, 1.82) is 10.5 Å². The van der Waals surface area contributed by atoms with Crippen LogP contribution in [0.25, 0.3) is 44.7 Å². The van der Waals surface area contributed by atoms with Gasteiger partial charge in [0.2, 0.25) is 11.8 Å². The predicted molar refractivity (Wildman–Crippen MR) is 557 cm³/mol. The summed E-state index contributed by atoms with van der Waals surface area (Å²) in [4.78, 5) is 53.8. The van der Waals surface area contributed by atoms with Gasteiger partial charge < -0.3 is 83.6 Å². The lowest BCUT2D eigenvalue weighted by molar-refractivity contribution is -0.0494. The summed E-state index contributed by atoms with van der Waals surface area (Å²) in [5, 5.41) is 17.8. The highest BCUT2D eigenvalue weighted by Gasteiger charge is 2.64. The average Bonchev–Trinajstić information content (AvgIpc) is 1.59. The molecular weight excluding hydrogens is 1990 g/mol. The number of nitrogens with zero attached hydrogens (tertiary/aromatic N) is 22. The van der Waals surface area contributed by atoms with E-state index in [4.69, 9.17) is 94.1 Å². The standard InChI is InChI=1S/2C28H35N6O5P.2C25H32N5O4P/c2*1-5-20-23(38-40-34-15-9-13-21(34)28(3,39-40)19-11-7-6-8-12-19)24(35-4)27(37-20)33-17-30-22-25(33)31-18(2)32-26(22)36-16-10-14-29;2*1-5-18-21(22(31-4)24(32-18)29-15-28-20-16(2)26-14-27-23(20)29)33-35-30-13-9-12-19(30)25(3,34-35)17-10-7-6-8-11-17/h2*6-8,11-12,17,20-21,23-24,27H,5,9-10,13,15-16H2,1-4H3;2*6-8,10-11,14-15,18-19,21-22,24H,5,9,12-13H2,1-4H3/t20-,21+,23+,24?,27-,28-,40+;20-,21-,23+,24?,27-,28+,40-;18-,19+,21+,22?,24-,25-,35+;18-,19-,21+,22?,24-,25+,35-/m1111/s1. The predicted octanol–water partition coefficient (Wildman–Crippen LogP) is 18.5. The first-order valence-electron chi connectivity index (χ1n) is 52.4. The van der Waals surface area contributed by atoms with E-state index >= 15 is 0 Å². The van der Waals surface area contributed by atoms with Crippen LogP contribution in [0, 0.1) is 50.4 Å². The van der Waals surface area contributed by atoms with Gasteiger partial charge in [-0.2, -0.15) is 20.5 Å². The Morgan fingerprint density at radius 3 is 0.853 bits per heavy atom. The average molecular weight is 2130 g/mol. The molecule has 44 heteroatoms. The number of benzene rings is 4. The van der Waals surface area contributed by atoms with Crippen molar-refractivity contribution in [1.82, 2.24) is 96.8 Å². The van der Waals surface area contributed by atoms with Gasteiger partial charge in [-0.1, -0.05) is 149 Å². The van der Waals surface area contributed by atoms with Crippen LogP contribution in [-0.2, 0) is 96.5 Å². The number of aromatic nitrogens is 16. The number of imidazole rings is 4. The second-order valence-electron chi connectivity index (χ2n) is 40.3. The van der Waals surface area contributed by atoms with E-state index in [1.165, 1.54) is 22.3 Å². The third kappa shape index (κ3) is 19.7. The Bertz CT molecular complexity index is 6340. The summed E-state index contributed by atoms with van der Waals surface area (Å²) >= 11 is 0. The fraction of sp³-hybridized carbons (Fsp3) is 0.566. The molecule has 0 aliphatic carbocycles. The first-order valence-corrected chi connectivity index (χ1v) is 56.9. The van der Waals surface area contributed by atoms with Crippen LogP contribution in [0.15, 0.2) is 159 Å². The molecule has 12 saturated heterocycles. The molecule has 0 N–H and O–H groups in total. The topological polar surface area (TPSA) is 401 Å². The molecule has 4 aromatic carbocycles. The van der Waals surface area contributed by atoms with Crippen molar-refractivity contribution in [3.63, 3.8) is 0 Å². The lowest BCUT2D eigenvalue weighted by atomic mass is 9.87. The van der Waals surface area contributed by atoms with Gasteiger partial charge in [-0.15, -0.1) is 0 Å². The molecule has 12 aliphatic rings. The molecule has 40 nitrogen and oxygen atoms in total. The van der Waals surface area contributed by atoms with Gasteiger partial charge in [0.05, 0.1) is 110 Å². The quantitative estimate of drug-likeness (QED) is 0.0298. The van der Waals surface area contributed by atoms with Gasteiger partial charge >= 0.3 is 0 Å². The van der Waals surface area contributed by atoms with Gasteiger partial charge in [0, 0.05) is 54.6 Å². The number of hydrogen-bond donors (Lipinski definition) is 0. The van der Waals surface area contributed by atoms with Crippen molar-refractivity contribution < 1.29 is 83.6 Å². The molecule has 8 aromatic heterocycles. The minimum Gasteiger partial charge on any atom is -0.475 e. The van der Waals surface area contributed by atoms with Crippen LogP contribution in [-0.4, -0.2) is 262 Å². The number of methoxy groups -OCH3 is 4. The van der Waals surface area contributed by atoms with Crippen LogP contribution in [0.1, 0.15) is 215 Å². The van der Waals surface area contributed by atoms with E-state index < -0.39 is 93.6 Å². The molecule has 12 fully saturated rings. The number of nitriles is 2. The van der Waals surface area contributed by atoms with E-state index in [0.717, 1.165) is 137 Å². The number of rotatable bonds is 30. The maximum absolute atomic E-state index is 8.89. The summed E-state index contributed by atoms with van der Waals surface area (Å²) in [5.74, 6) is 1.78. The van der Waals surface area contributed by atoms with E-state index in [2.05, 4.69) is 243 Å². The van der Waals surface area contributed by atoms with Crippen molar-refractivity contribution in [2.24, 2.45) is 0 Å². The van der Waals surface area contributed by atoms with E-state index in [-0.39, 0.29) is 99.2 Å². The normalized spacial score (nSPS) is 33.5.